The van der Waals surface area contributed by atoms with Crippen LogP contribution in [0.15, 0.2) is 24.3 Å². The van der Waals surface area contributed by atoms with Crippen molar-refractivity contribution in [3.05, 3.63) is 35.6 Å². The van der Waals surface area contributed by atoms with Gasteiger partial charge in [0.05, 0.1) is 6.26 Å². The van der Waals surface area contributed by atoms with Crippen molar-refractivity contribution < 1.29 is 17.0 Å². The summed E-state index contributed by atoms with van der Waals surface area (Å²) in [4.78, 5) is 0. The van der Waals surface area contributed by atoms with Gasteiger partial charge in [-0.3, -0.25) is 4.18 Å². The molecule has 0 aromatic heterocycles. The van der Waals surface area contributed by atoms with Crippen molar-refractivity contribution in [3.63, 3.8) is 0 Å². The van der Waals surface area contributed by atoms with Crippen LogP contribution < -0.4 is 0 Å². The van der Waals surface area contributed by atoms with Crippen molar-refractivity contribution in [2.75, 3.05) is 12.9 Å². The van der Waals surface area contributed by atoms with Crippen molar-refractivity contribution in [3.8, 4) is 11.8 Å². The van der Waals surface area contributed by atoms with Crippen LogP contribution in [0.1, 0.15) is 5.56 Å². The Morgan fingerprint density at radius 1 is 1.47 bits per heavy atom. The molecule has 0 fully saturated rings. The van der Waals surface area contributed by atoms with Crippen LogP contribution >= 0.6 is 0 Å². The number of halogens is 1. The highest BCUT2D eigenvalue weighted by atomic mass is 32.2. The largest absolute Gasteiger partial charge is 0.265 e. The Morgan fingerprint density at radius 2 is 2.20 bits per heavy atom. The average Bonchev–Trinajstić information content (AvgIpc) is 2.11. The molecule has 0 aliphatic heterocycles. The van der Waals surface area contributed by atoms with Crippen LogP contribution in [0.25, 0.3) is 0 Å². The van der Waals surface area contributed by atoms with Gasteiger partial charge in [-0.25, -0.2) is 4.39 Å². The maximum absolute atomic E-state index is 12.7. The van der Waals surface area contributed by atoms with Crippen LogP contribution in [0, 0.1) is 17.7 Å². The van der Waals surface area contributed by atoms with Gasteiger partial charge in [0.15, 0.2) is 0 Å². The molecule has 0 bridgehead atoms. The highest BCUT2D eigenvalue weighted by molar-refractivity contribution is 7.85. The first-order valence-electron chi connectivity index (χ1n) is 4.06. The summed E-state index contributed by atoms with van der Waals surface area (Å²) in [5, 5.41) is 0. The minimum atomic E-state index is -3.46. The third kappa shape index (κ3) is 5.15. The van der Waals surface area contributed by atoms with Gasteiger partial charge in [-0.05, 0) is 18.2 Å². The lowest BCUT2D eigenvalue weighted by Crippen LogP contribution is -2.02. The summed E-state index contributed by atoms with van der Waals surface area (Å²) in [5.74, 6) is 4.66. The molecule has 5 heteroatoms. The molecular weight excluding hydrogens is 219 g/mol. The molecule has 0 atom stereocenters. The van der Waals surface area contributed by atoms with Gasteiger partial charge in [0, 0.05) is 5.56 Å². The molecule has 1 rings (SSSR count). The fourth-order valence-corrected chi connectivity index (χ4v) is 1.11. The maximum atomic E-state index is 12.7. The van der Waals surface area contributed by atoms with Gasteiger partial charge < -0.3 is 0 Å². The summed E-state index contributed by atoms with van der Waals surface area (Å²) in [6.45, 7) is -0.227. The molecule has 0 unspecified atom stereocenters. The standard InChI is InChI=1S/C10H9FO3S/c1-15(12,13)14-7-3-5-9-4-2-6-10(11)8-9/h2,4,6,8H,7H2,1H3. The summed E-state index contributed by atoms with van der Waals surface area (Å²) < 4.78 is 38.2. The smallest absolute Gasteiger partial charge is 0.257 e. The lowest BCUT2D eigenvalue weighted by Gasteiger charge is -1.92. The number of rotatable bonds is 2. The molecule has 0 heterocycles. The van der Waals surface area contributed by atoms with Crippen LogP contribution in [0.4, 0.5) is 4.39 Å². The predicted molar refractivity (Wildman–Crippen MR) is 54.1 cm³/mol. The van der Waals surface area contributed by atoms with E-state index >= 15 is 0 Å². The van der Waals surface area contributed by atoms with E-state index in [-0.39, 0.29) is 12.4 Å². The van der Waals surface area contributed by atoms with Crippen LogP contribution in [-0.4, -0.2) is 21.3 Å². The number of benzene rings is 1. The first kappa shape index (κ1) is 11.7. The number of hydrogen-bond acceptors (Lipinski definition) is 3. The molecule has 0 aliphatic rings. The summed E-state index contributed by atoms with van der Waals surface area (Å²) >= 11 is 0. The highest BCUT2D eigenvalue weighted by Gasteiger charge is 1.97. The summed E-state index contributed by atoms with van der Waals surface area (Å²) in [7, 11) is -3.46. The summed E-state index contributed by atoms with van der Waals surface area (Å²) in [6.07, 6.45) is 0.941. The molecule has 80 valence electrons. The van der Waals surface area contributed by atoms with E-state index in [4.69, 9.17) is 0 Å². The fourth-order valence-electron chi connectivity index (χ4n) is 0.841. The average molecular weight is 228 g/mol. The molecule has 3 nitrogen and oxygen atoms in total. The number of hydrogen-bond donors (Lipinski definition) is 0. The van der Waals surface area contributed by atoms with Crippen molar-refractivity contribution >= 4 is 10.1 Å². The Morgan fingerprint density at radius 3 is 2.80 bits per heavy atom. The predicted octanol–water partition coefficient (Wildman–Crippen LogP) is 1.15. The van der Waals surface area contributed by atoms with Crippen molar-refractivity contribution in [1.82, 2.24) is 0 Å². The second-order valence-electron chi connectivity index (χ2n) is 2.78. The Bertz CT molecular complexity index is 497. The molecule has 0 N–H and O–H groups in total. The van der Waals surface area contributed by atoms with E-state index < -0.39 is 10.1 Å². The molecule has 1 aromatic carbocycles. The molecule has 1 aromatic rings. The van der Waals surface area contributed by atoms with E-state index in [2.05, 4.69) is 16.0 Å². The molecule has 0 amide bonds. The third-order valence-electron chi connectivity index (χ3n) is 1.40. The first-order chi connectivity index (χ1) is 6.97. The van der Waals surface area contributed by atoms with E-state index in [1.165, 1.54) is 18.2 Å². The monoisotopic (exact) mass is 228 g/mol. The van der Waals surface area contributed by atoms with Crippen LogP contribution in [-0.2, 0) is 14.3 Å². The highest BCUT2D eigenvalue weighted by Crippen LogP contribution is 2.00. The van der Waals surface area contributed by atoms with Gasteiger partial charge in [0.2, 0.25) is 0 Å². The lowest BCUT2D eigenvalue weighted by atomic mass is 10.2. The van der Waals surface area contributed by atoms with Gasteiger partial charge in [0.25, 0.3) is 10.1 Å². The van der Waals surface area contributed by atoms with Gasteiger partial charge in [-0.2, -0.15) is 8.42 Å². The van der Waals surface area contributed by atoms with Crippen molar-refractivity contribution in [1.29, 1.82) is 0 Å². The van der Waals surface area contributed by atoms with Gasteiger partial charge in [-0.15, -0.1) is 0 Å². The van der Waals surface area contributed by atoms with E-state index in [0.717, 1.165) is 6.26 Å². The second-order valence-corrected chi connectivity index (χ2v) is 4.42. The SMILES string of the molecule is CS(=O)(=O)OCC#Cc1cccc(F)c1. The molecule has 0 saturated heterocycles. The minimum Gasteiger partial charge on any atom is -0.257 e. The molecule has 0 radical (unpaired) electrons. The Hall–Kier alpha value is -1.38. The van der Waals surface area contributed by atoms with Gasteiger partial charge in [0.1, 0.15) is 12.4 Å². The van der Waals surface area contributed by atoms with Crippen molar-refractivity contribution in [2.24, 2.45) is 0 Å². The van der Waals surface area contributed by atoms with Crippen LogP contribution in [0.5, 0.6) is 0 Å². The first-order valence-corrected chi connectivity index (χ1v) is 5.88. The molecule has 15 heavy (non-hydrogen) atoms. The zero-order valence-corrected chi connectivity index (χ0v) is 8.84. The zero-order chi connectivity index (χ0) is 11.3. The van der Waals surface area contributed by atoms with E-state index in [0.29, 0.717) is 5.56 Å². The normalized spacial score (nSPS) is 10.5. The molecule has 0 aliphatic carbocycles. The molecular formula is C10H9FO3S. The van der Waals surface area contributed by atoms with Crippen molar-refractivity contribution in [2.45, 2.75) is 0 Å². The van der Waals surface area contributed by atoms with E-state index in [9.17, 15) is 12.8 Å². The minimum absolute atomic E-state index is 0.227. The molecule has 0 spiro atoms. The summed E-state index contributed by atoms with van der Waals surface area (Å²) in [6, 6.07) is 5.71. The van der Waals surface area contributed by atoms with E-state index in [1.807, 2.05) is 0 Å². The Balaban J connectivity index is 2.59. The topological polar surface area (TPSA) is 43.4 Å². The van der Waals surface area contributed by atoms with Gasteiger partial charge >= 0.3 is 0 Å². The van der Waals surface area contributed by atoms with Gasteiger partial charge in [-0.1, -0.05) is 17.9 Å². The Labute approximate surface area is 88.0 Å². The fraction of sp³-hybridized carbons (Fsp3) is 0.200. The van der Waals surface area contributed by atoms with Crippen LogP contribution in [0.2, 0.25) is 0 Å². The lowest BCUT2D eigenvalue weighted by molar-refractivity contribution is 0.368. The third-order valence-corrected chi connectivity index (χ3v) is 1.95. The quantitative estimate of drug-likeness (QED) is 0.563. The second kappa shape index (κ2) is 4.91. The maximum Gasteiger partial charge on any atom is 0.265 e. The van der Waals surface area contributed by atoms with Crippen LogP contribution in [0.3, 0.4) is 0 Å². The zero-order valence-electron chi connectivity index (χ0n) is 8.03. The molecule has 0 saturated carbocycles. The summed E-state index contributed by atoms with van der Waals surface area (Å²) in [5.41, 5.74) is 0.479. The van der Waals surface area contributed by atoms with E-state index in [1.54, 1.807) is 6.07 Å². The Kier molecular flexibility index (Phi) is 3.83.